The number of methoxy groups -OCH3 is 1. The summed E-state index contributed by atoms with van der Waals surface area (Å²) in [6, 6.07) is 13.0. The van der Waals surface area contributed by atoms with Gasteiger partial charge in [0.25, 0.3) is 0 Å². The van der Waals surface area contributed by atoms with E-state index in [1.807, 2.05) is 30.3 Å². The molecule has 0 fully saturated rings. The Morgan fingerprint density at radius 1 is 1.17 bits per heavy atom. The van der Waals surface area contributed by atoms with E-state index in [4.69, 9.17) is 10.6 Å². The molecule has 0 saturated carbocycles. The lowest BCUT2D eigenvalue weighted by molar-refractivity contribution is 0.410. The highest BCUT2D eigenvalue weighted by molar-refractivity contribution is 5.40. The Hall–Kier alpha value is -3.26. The predicted octanol–water partition coefficient (Wildman–Crippen LogP) is 0.911. The molecule has 1 aromatic carbocycles. The monoisotopic (exact) mass is 324 g/mol. The molecule has 8 heteroatoms. The van der Waals surface area contributed by atoms with Crippen molar-refractivity contribution in [3.05, 3.63) is 71.0 Å². The van der Waals surface area contributed by atoms with E-state index in [0.29, 0.717) is 18.1 Å². The molecule has 0 bridgehead atoms. The number of rotatable bonds is 5. The van der Waals surface area contributed by atoms with Crippen molar-refractivity contribution in [1.29, 1.82) is 0 Å². The average molecular weight is 324 g/mol. The zero-order valence-corrected chi connectivity index (χ0v) is 13.0. The fourth-order valence-corrected chi connectivity index (χ4v) is 2.18. The predicted molar refractivity (Wildman–Crippen MR) is 88.8 cm³/mol. The number of nitrogens with zero attached hydrogens (tertiary/aromatic N) is 5. The molecule has 0 radical (unpaired) electrons. The molecule has 122 valence electrons. The van der Waals surface area contributed by atoms with Crippen LogP contribution >= 0.6 is 0 Å². The van der Waals surface area contributed by atoms with Gasteiger partial charge in [0.15, 0.2) is 11.6 Å². The summed E-state index contributed by atoms with van der Waals surface area (Å²) in [7, 11) is 1.50. The minimum absolute atomic E-state index is 0.134. The van der Waals surface area contributed by atoms with Crippen LogP contribution in [0.1, 0.15) is 5.56 Å². The highest BCUT2D eigenvalue weighted by Crippen LogP contribution is 2.17. The molecule has 2 heterocycles. The van der Waals surface area contributed by atoms with E-state index in [-0.39, 0.29) is 5.95 Å². The van der Waals surface area contributed by atoms with Gasteiger partial charge in [-0.3, -0.25) is 5.01 Å². The van der Waals surface area contributed by atoms with Gasteiger partial charge in [0, 0.05) is 6.20 Å². The van der Waals surface area contributed by atoms with Crippen molar-refractivity contribution in [3.8, 4) is 11.6 Å². The molecule has 8 nitrogen and oxygen atoms in total. The van der Waals surface area contributed by atoms with Crippen molar-refractivity contribution >= 4 is 5.95 Å². The number of hydrazine groups is 1. The fourth-order valence-electron chi connectivity index (χ4n) is 2.18. The first-order valence-electron chi connectivity index (χ1n) is 7.20. The zero-order chi connectivity index (χ0) is 16.9. The topological polar surface area (TPSA) is 99.2 Å². The third kappa shape index (κ3) is 3.23. The fraction of sp³-hybridized carbons (Fsp3) is 0.125. The molecule has 0 aliphatic rings. The number of benzene rings is 1. The second-order valence-electron chi connectivity index (χ2n) is 4.95. The minimum Gasteiger partial charge on any atom is -0.493 e. The smallest absolute Gasteiger partial charge is 0.358 e. The normalized spacial score (nSPS) is 10.4. The lowest BCUT2D eigenvalue weighted by Crippen LogP contribution is -2.35. The van der Waals surface area contributed by atoms with Crippen molar-refractivity contribution in [3.63, 3.8) is 0 Å². The molecule has 0 unspecified atom stereocenters. The molecular weight excluding hydrogens is 308 g/mol. The summed E-state index contributed by atoms with van der Waals surface area (Å²) in [4.78, 5) is 24.5. The Morgan fingerprint density at radius 2 is 1.96 bits per heavy atom. The van der Waals surface area contributed by atoms with Crippen molar-refractivity contribution in [2.24, 2.45) is 5.84 Å². The van der Waals surface area contributed by atoms with Crippen LogP contribution in [0, 0.1) is 0 Å². The van der Waals surface area contributed by atoms with E-state index in [2.05, 4.69) is 15.0 Å². The highest BCUT2D eigenvalue weighted by atomic mass is 16.5. The first-order chi connectivity index (χ1) is 11.7. The van der Waals surface area contributed by atoms with E-state index in [1.54, 1.807) is 18.3 Å². The third-order valence-corrected chi connectivity index (χ3v) is 3.34. The van der Waals surface area contributed by atoms with Gasteiger partial charge in [-0.25, -0.2) is 25.2 Å². The molecule has 0 aliphatic heterocycles. The molecule has 24 heavy (non-hydrogen) atoms. The molecule has 2 N–H and O–H groups in total. The zero-order valence-electron chi connectivity index (χ0n) is 13.0. The molecule has 0 amide bonds. The van der Waals surface area contributed by atoms with Crippen LogP contribution in [0.15, 0.2) is 59.8 Å². The van der Waals surface area contributed by atoms with E-state index in [9.17, 15) is 4.79 Å². The molecular formula is C16H16N6O2. The van der Waals surface area contributed by atoms with Crippen molar-refractivity contribution in [2.45, 2.75) is 6.54 Å². The summed E-state index contributed by atoms with van der Waals surface area (Å²) in [5, 5.41) is 1.32. The van der Waals surface area contributed by atoms with Gasteiger partial charge in [-0.05, 0) is 17.7 Å². The molecule has 2 aromatic heterocycles. The van der Waals surface area contributed by atoms with Crippen LogP contribution in [0.4, 0.5) is 5.95 Å². The van der Waals surface area contributed by atoms with Crippen LogP contribution in [0.5, 0.6) is 5.75 Å². The van der Waals surface area contributed by atoms with Gasteiger partial charge >= 0.3 is 5.69 Å². The van der Waals surface area contributed by atoms with Gasteiger partial charge in [0.1, 0.15) is 6.33 Å². The van der Waals surface area contributed by atoms with Gasteiger partial charge in [-0.15, -0.1) is 0 Å². The van der Waals surface area contributed by atoms with Crippen LogP contribution < -0.4 is 21.3 Å². The van der Waals surface area contributed by atoms with Crippen LogP contribution in [-0.4, -0.2) is 26.6 Å². The van der Waals surface area contributed by atoms with Crippen molar-refractivity contribution in [2.75, 3.05) is 12.1 Å². The van der Waals surface area contributed by atoms with Crippen molar-refractivity contribution < 1.29 is 4.74 Å². The summed E-state index contributed by atoms with van der Waals surface area (Å²) in [5.41, 5.74) is 0.444. The second-order valence-corrected chi connectivity index (χ2v) is 4.95. The maximum atomic E-state index is 12.3. The van der Waals surface area contributed by atoms with E-state index < -0.39 is 5.69 Å². The number of anilines is 1. The largest absolute Gasteiger partial charge is 0.493 e. The first kappa shape index (κ1) is 15.6. The first-order valence-corrected chi connectivity index (χ1v) is 7.20. The van der Waals surface area contributed by atoms with Gasteiger partial charge < -0.3 is 4.74 Å². The Kier molecular flexibility index (Phi) is 4.48. The van der Waals surface area contributed by atoms with Crippen LogP contribution in [0.2, 0.25) is 0 Å². The summed E-state index contributed by atoms with van der Waals surface area (Å²) in [6.45, 7) is 0.386. The van der Waals surface area contributed by atoms with Gasteiger partial charge in [-0.1, -0.05) is 30.3 Å². The standard InChI is InChI=1S/C16H16N6O2/c1-24-13-8-5-9-18-14(13)21-11-19-15(20-16(21)23)22(17)10-12-6-3-2-4-7-12/h2-9,11H,10,17H2,1H3. The summed E-state index contributed by atoms with van der Waals surface area (Å²) in [6.07, 6.45) is 2.89. The number of ether oxygens (including phenoxy) is 1. The van der Waals surface area contributed by atoms with Crippen molar-refractivity contribution in [1.82, 2.24) is 19.5 Å². The Bertz CT molecular complexity index is 881. The third-order valence-electron chi connectivity index (χ3n) is 3.34. The second kappa shape index (κ2) is 6.88. The van der Waals surface area contributed by atoms with E-state index >= 15 is 0 Å². The number of aromatic nitrogens is 4. The van der Waals surface area contributed by atoms with Crippen LogP contribution in [0.25, 0.3) is 5.82 Å². The molecule has 0 saturated heterocycles. The van der Waals surface area contributed by atoms with E-state index in [1.165, 1.54) is 23.0 Å². The summed E-state index contributed by atoms with van der Waals surface area (Å²) < 4.78 is 6.41. The SMILES string of the molecule is COc1cccnc1-n1cnc(N(N)Cc2ccccc2)nc1=O. The lowest BCUT2D eigenvalue weighted by atomic mass is 10.2. The molecule has 3 aromatic rings. The molecule has 0 aliphatic carbocycles. The van der Waals surface area contributed by atoms with Gasteiger partial charge in [0.2, 0.25) is 5.95 Å². The Morgan fingerprint density at radius 3 is 2.67 bits per heavy atom. The maximum absolute atomic E-state index is 12.3. The number of hydrogen-bond donors (Lipinski definition) is 1. The molecule has 0 spiro atoms. The number of nitrogens with two attached hydrogens (primary N) is 1. The quantitative estimate of drug-likeness (QED) is 0.550. The van der Waals surface area contributed by atoms with Gasteiger partial charge in [0.05, 0.1) is 13.7 Å². The van der Waals surface area contributed by atoms with Crippen LogP contribution in [-0.2, 0) is 6.54 Å². The Labute approximate surface area is 138 Å². The van der Waals surface area contributed by atoms with E-state index in [0.717, 1.165) is 5.56 Å². The maximum Gasteiger partial charge on any atom is 0.358 e. The lowest BCUT2D eigenvalue weighted by Gasteiger charge is -2.16. The number of pyridine rings is 1. The highest BCUT2D eigenvalue weighted by Gasteiger charge is 2.12. The van der Waals surface area contributed by atoms with Crippen LogP contribution in [0.3, 0.4) is 0 Å². The average Bonchev–Trinajstić information content (AvgIpc) is 2.62. The minimum atomic E-state index is -0.541. The summed E-state index contributed by atoms with van der Waals surface area (Å²) >= 11 is 0. The Balaban J connectivity index is 1.89. The van der Waals surface area contributed by atoms with Gasteiger partial charge in [-0.2, -0.15) is 4.98 Å². The molecule has 3 rings (SSSR count). The molecule has 0 atom stereocenters. The number of hydrogen-bond acceptors (Lipinski definition) is 7. The summed E-state index contributed by atoms with van der Waals surface area (Å²) in [5.74, 6) is 6.87.